The zero-order valence-corrected chi connectivity index (χ0v) is 20.0. The molecule has 1 saturated heterocycles. The minimum absolute atomic E-state index is 0.0762. The van der Waals surface area contributed by atoms with Crippen molar-refractivity contribution in [1.82, 2.24) is 19.6 Å². The molecule has 0 saturated carbocycles. The predicted octanol–water partition coefficient (Wildman–Crippen LogP) is 4.50. The first-order chi connectivity index (χ1) is 16.5. The topological polar surface area (TPSA) is 75.4 Å². The summed E-state index contributed by atoms with van der Waals surface area (Å²) in [6.07, 6.45) is 4.10. The lowest BCUT2D eigenvalue weighted by Crippen LogP contribution is -2.42. The number of aromatic nitrogens is 4. The molecule has 0 unspecified atom stereocenters. The van der Waals surface area contributed by atoms with Crippen LogP contribution in [-0.2, 0) is 11.2 Å². The van der Waals surface area contributed by atoms with Gasteiger partial charge in [-0.3, -0.25) is 4.79 Å². The average Bonchev–Trinajstić information content (AvgIpc) is 3.30. The van der Waals surface area contributed by atoms with Gasteiger partial charge in [-0.05, 0) is 50.3 Å². The van der Waals surface area contributed by atoms with Crippen LogP contribution in [0.2, 0.25) is 0 Å². The van der Waals surface area contributed by atoms with Crippen molar-refractivity contribution in [3.05, 3.63) is 82.8 Å². The highest BCUT2D eigenvalue weighted by molar-refractivity contribution is 5.94. The number of hydrogen-bond acceptors (Lipinski definition) is 5. The number of benzene rings is 2. The largest absolute Gasteiger partial charge is 0.355 e. The van der Waals surface area contributed by atoms with E-state index >= 15 is 0 Å². The number of carbonyl (C=O) groups excluding carboxylic acids is 1. The highest BCUT2D eigenvalue weighted by Crippen LogP contribution is 2.31. The van der Waals surface area contributed by atoms with E-state index in [0.717, 1.165) is 59.7 Å². The van der Waals surface area contributed by atoms with E-state index in [4.69, 9.17) is 4.98 Å². The number of fused-ring (bicyclic) bond motifs is 1. The molecular formula is C27H30N6O. The van der Waals surface area contributed by atoms with E-state index in [2.05, 4.69) is 44.6 Å². The number of hydrogen-bond donors (Lipinski definition) is 1. The fourth-order valence-electron chi connectivity index (χ4n) is 4.92. The Balaban J connectivity index is 1.47. The van der Waals surface area contributed by atoms with Crippen molar-refractivity contribution in [2.45, 2.75) is 40.0 Å². The summed E-state index contributed by atoms with van der Waals surface area (Å²) in [4.78, 5) is 24.7. The summed E-state index contributed by atoms with van der Waals surface area (Å²) in [6.45, 7) is 7.61. The van der Waals surface area contributed by atoms with E-state index in [1.807, 2.05) is 49.6 Å². The zero-order chi connectivity index (χ0) is 23.7. The fraction of sp³-hybridized carbons (Fsp3) is 0.333. The van der Waals surface area contributed by atoms with Crippen LogP contribution in [-0.4, -0.2) is 38.6 Å². The Morgan fingerprint density at radius 2 is 1.82 bits per heavy atom. The number of piperidine rings is 1. The molecule has 0 bridgehead atoms. The van der Waals surface area contributed by atoms with Crippen LogP contribution in [0.4, 0.5) is 11.5 Å². The van der Waals surface area contributed by atoms with Crippen molar-refractivity contribution in [1.29, 1.82) is 0 Å². The summed E-state index contributed by atoms with van der Waals surface area (Å²) in [7, 11) is 0. The van der Waals surface area contributed by atoms with Gasteiger partial charge in [0.1, 0.15) is 12.1 Å². The molecule has 0 spiro atoms. The van der Waals surface area contributed by atoms with Crippen molar-refractivity contribution in [3.63, 3.8) is 0 Å². The molecule has 0 radical (unpaired) electrons. The summed E-state index contributed by atoms with van der Waals surface area (Å²) in [5.74, 6) is 1.55. The number of anilines is 2. The summed E-state index contributed by atoms with van der Waals surface area (Å²) in [6, 6.07) is 16.5. The molecule has 1 atom stereocenters. The van der Waals surface area contributed by atoms with Crippen LogP contribution in [0.5, 0.6) is 0 Å². The van der Waals surface area contributed by atoms with E-state index in [9.17, 15) is 4.79 Å². The van der Waals surface area contributed by atoms with E-state index in [0.29, 0.717) is 12.3 Å². The molecule has 2 aromatic heterocycles. The van der Waals surface area contributed by atoms with E-state index in [1.165, 1.54) is 5.56 Å². The third-order valence-electron chi connectivity index (χ3n) is 6.75. The van der Waals surface area contributed by atoms with Gasteiger partial charge in [0.2, 0.25) is 5.91 Å². The Hall–Kier alpha value is -3.74. The summed E-state index contributed by atoms with van der Waals surface area (Å²) in [5, 5.41) is 7.70. The summed E-state index contributed by atoms with van der Waals surface area (Å²) < 4.78 is 1.83. The van der Waals surface area contributed by atoms with Gasteiger partial charge in [-0.2, -0.15) is 14.6 Å². The Morgan fingerprint density at radius 1 is 1.06 bits per heavy atom. The second-order valence-corrected chi connectivity index (χ2v) is 9.17. The number of para-hydroxylation sites is 1. The molecule has 7 heteroatoms. The SMILES string of the molecule is Cc1cccc(C)c1NC(=O)[C@@H]1CCCN(c2c(Cc3ccccc3)c(C)nc3ncnn23)C1. The van der Waals surface area contributed by atoms with Gasteiger partial charge in [0.05, 0.1) is 5.92 Å². The summed E-state index contributed by atoms with van der Waals surface area (Å²) >= 11 is 0. The number of nitrogens with zero attached hydrogens (tertiary/aromatic N) is 5. The van der Waals surface area contributed by atoms with Gasteiger partial charge in [0.25, 0.3) is 5.78 Å². The third-order valence-corrected chi connectivity index (χ3v) is 6.75. The molecule has 3 heterocycles. The van der Waals surface area contributed by atoms with Crippen LogP contribution in [0.1, 0.15) is 40.8 Å². The molecule has 1 aliphatic rings. The van der Waals surface area contributed by atoms with Gasteiger partial charge in [-0.25, -0.2) is 4.98 Å². The average molecular weight is 455 g/mol. The molecule has 2 aromatic carbocycles. The lowest BCUT2D eigenvalue weighted by atomic mass is 9.95. The number of aryl methyl sites for hydroxylation is 3. The number of carbonyl (C=O) groups is 1. The normalized spacial score (nSPS) is 16.1. The second-order valence-electron chi connectivity index (χ2n) is 9.17. The van der Waals surface area contributed by atoms with Crippen molar-refractivity contribution in [2.75, 3.05) is 23.3 Å². The smallest absolute Gasteiger partial charge is 0.254 e. The minimum Gasteiger partial charge on any atom is -0.355 e. The molecule has 4 aromatic rings. The molecule has 1 amide bonds. The van der Waals surface area contributed by atoms with Gasteiger partial charge in [0, 0.05) is 36.5 Å². The Morgan fingerprint density at radius 3 is 2.59 bits per heavy atom. The number of nitrogens with one attached hydrogen (secondary N) is 1. The van der Waals surface area contributed by atoms with Crippen LogP contribution in [0.3, 0.4) is 0 Å². The fourth-order valence-corrected chi connectivity index (χ4v) is 4.92. The van der Waals surface area contributed by atoms with Crippen LogP contribution >= 0.6 is 0 Å². The highest BCUT2D eigenvalue weighted by atomic mass is 16.1. The first-order valence-electron chi connectivity index (χ1n) is 11.9. The van der Waals surface area contributed by atoms with Gasteiger partial charge in [0.15, 0.2) is 0 Å². The van der Waals surface area contributed by atoms with E-state index in [-0.39, 0.29) is 11.8 Å². The van der Waals surface area contributed by atoms with Gasteiger partial charge >= 0.3 is 0 Å². The maximum Gasteiger partial charge on any atom is 0.254 e. The molecule has 1 N–H and O–H groups in total. The van der Waals surface area contributed by atoms with Crippen molar-refractivity contribution in [3.8, 4) is 0 Å². The molecule has 34 heavy (non-hydrogen) atoms. The quantitative estimate of drug-likeness (QED) is 0.481. The molecular weight excluding hydrogens is 424 g/mol. The first-order valence-corrected chi connectivity index (χ1v) is 11.9. The van der Waals surface area contributed by atoms with E-state index in [1.54, 1.807) is 6.33 Å². The minimum atomic E-state index is -0.107. The van der Waals surface area contributed by atoms with Crippen LogP contribution < -0.4 is 10.2 Å². The third kappa shape index (κ3) is 4.25. The highest BCUT2D eigenvalue weighted by Gasteiger charge is 2.30. The second kappa shape index (κ2) is 9.25. The number of amides is 1. The molecule has 7 nitrogen and oxygen atoms in total. The zero-order valence-electron chi connectivity index (χ0n) is 20.0. The standard InChI is InChI=1S/C27H30N6O/c1-18-9-7-10-19(2)24(18)31-25(34)22-13-8-14-32(16-22)26-23(15-21-11-5-4-6-12-21)20(3)30-27-28-17-29-33(26)27/h4-7,9-12,17,22H,8,13-16H2,1-3H3,(H,31,34)/t22-/m1/s1. The van der Waals surface area contributed by atoms with Gasteiger partial charge < -0.3 is 10.2 Å². The van der Waals surface area contributed by atoms with Crippen LogP contribution in [0.25, 0.3) is 5.78 Å². The molecule has 1 fully saturated rings. The van der Waals surface area contributed by atoms with Crippen molar-refractivity contribution in [2.24, 2.45) is 5.92 Å². The monoisotopic (exact) mass is 454 g/mol. The molecule has 0 aliphatic carbocycles. The molecule has 1 aliphatic heterocycles. The maximum atomic E-state index is 13.3. The Bertz CT molecular complexity index is 1310. The van der Waals surface area contributed by atoms with E-state index < -0.39 is 0 Å². The summed E-state index contributed by atoms with van der Waals surface area (Å²) in [5.41, 5.74) is 6.38. The van der Waals surface area contributed by atoms with Gasteiger partial charge in [-0.15, -0.1) is 0 Å². The Kier molecular flexibility index (Phi) is 6.01. The number of rotatable bonds is 5. The predicted molar refractivity (Wildman–Crippen MR) is 134 cm³/mol. The van der Waals surface area contributed by atoms with Gasteiger partial charge in [-0.1, -0.05) is 48.5 Å². The van der Waals surface area contributed by atoms with Crippen molar-refractivity contribution >= 4 is 23.2 Å². The van der Waals surface area contributed by atoms with Crippen LogP contribution in [0.15, 0.2) is 54.9 Å². The van der Waals surface area contributed by atoms with Crippen molar-refractivity contribution < 1.29 is 4.79 Å². The Labute approximate surface area is 199 Å². The van der Waals surface area contributed by atoms with Crippen LogP contribution in [0, 0.1) is 26.7 Å². The lowest BCUT2D eigenvalue weighted by molar-refractivity contribution is -0.120. The lowest BCUT2D eigenvalue weighted by Gasteiger charge is -2.35. The molecule has 174 valence electrons. The first kappa shape index (κ1) is 22.1. The molecule has 5 rings (SSSR count). The maximum absolute atomic E-state index is 13.3.